The Kier molecular flexibility index (Phi) is 5.26. The van der Waals surface area contributed by atoms with Gasteiger partial charge in [0.1, 0.15) is 5.78 Å². The summed E-state index contributed by atoms with van der Waals surface area (Å²) in [6.07, 6.45) is 5.05. The van der Waals surface area contributed by atoms with Crippen molar-refractivity contribution in [1.29, 1.82) is 0 Å². The fourth-order valence-electron chi connectivity index (χ4n) is 2.38. The monoisotopic (exact) mass is 213 g/mol. The third-order valence-corrected chi connectivity index (χ3v) is 3.19. The zero-order valence-electron chi connectivity index (χ0n) is 9.91. The largest absolute Gasteiger partial charge is 0.395 e. The molecule has 0 aliphatic heterocycles. The van der Waals surface area contributed by atoms with E-state index in [9.17, 15) is 4.79 Å². The van der Waals surface area contributed by atoms with Crippen LogP contribution < -0.4 is 0 Å². The average molecular weight is 213 g/mol. The molecule has 1 aliphatic rings. The van der Waals surface area contributed by atoms with Crippen LogP contribution in [0.15, 0.2) is 0 Å². The first-order valence-electron chi connectivity index (χ1n) is 6.06. The third kappa shape index (κ3) is 3.58. The van der Waals surface area contributed by atoms with Gasteiger partial charge in [0.05, 0.1) is 12.6 Å². The van der Waals surface area contributed by atoms with Crippen molar-refractivity contribution in [2.75, 3.05) is 13.2 Å². The fourth-order valence-corrected chi connectivity index (χ4v) is 2.38. The van der Waals surface area contributed by atoms with Crippen LogP contribution in [-0.2, 0) is 4.79 Å². The first-order chi connectivity index (χ1) is 7.16. The normalized spacial score (nSPS) is 23.5. The second-order valence-corrected chi connectivity index (χ2v) is 4.64. The summed E-state index contributed by atoms with van der Waals surface area (Å²) < 4.78 is 0. The number of ketones is 1. The molecule has 0 aromatic carbocycles. The highest BCUT2D eigenvalue weighted by Crippen LogP contribution is 2.20. The Balaban J connectivity index is 2.66. The second-order valence-electron chi connectivity index (χ2n) is 4.64. The number of nitrogens with zero attached hydrogens (tertiary/aromatic N) is 1. The molecule has 1 aliphatic carbocycles. The van der Waals surface area contributed by atoms with Crippen LogP contribution >= 0.6 is 0 Å². The lowest BCUT2D eigenvalue weighted by molar-refractivity contribution is -0.125. The minimum atomic E-state index is 0.0552. The van der Waals surface area contributed by atoms with E-state index in [0.717, 1.165) is 25.7 Å². The molecule has 15 heavy (non-hydrogen) atoms. The molecule has 0 spiro atoms. The van der Waals surface area contributed by atoms with E-state index < -0.39 is 0 Å². The lowest BCUT2D eigenvalue weighted by Gasteiger charge is -2.32. The molecule has 1 atom stereocenters. The van der Waals surface area contributed by atoms with Gasteiger partial charge < -0.3 is 5.11 Å². The van der Waals surface area contributed by atoms with Crippen molar-refractivity contribution in [3.05, 3.63) is 0 Å². The molecule has 3 heteroatoms. The Morgan fingerprint density at radius 3 is 2.73 bits per heavy atom. The number of aliphatic hydroxyl groups excluding tert-OH is 1. The van der Waals surface area contributed by atoms with Gasteiger partial charge in [0, 0.05) is 19.0 Å². The summed E-state index contributed by atoms with van der Waals surface area (Å²) in [5, 5.41) is 9.02. The van der Waals surface area contributed by atoms with Crippen molar-refractivity contribution in [3.8, 4) is 0 Å². The van der Waals surface area contributed by atoms with Gasteiger partial charge in [0.2, 0.25) is 0 Å². The molecule has 1 rings (SSSR count). The Morgan fingerprint density at radius 2 is 2.13 bits per heavy atom. The summed E-state index contributed by atoms with van der Waals surface area (Å²) in [4.78, 5) is 14.1. The zero-order valence-corrected chi connectivity index (χ0v) is 9.91. The molecule has 0 radical (unpaired) electrons. The van der Waals surface area contributed by atoms with E-state index in [0.29, 0.717) is 18.4 Å². The number of carbonyl (C=O) groups is 1. The van der Waals surface area contributed by atoms with E-state index in [1.54, 1.807) is 0 Å². The molecule has 1 saturated carbocycles. The Morgan fingerprint density at radius 1 is 1.40 bits per heavy atom. The highest BCUT2D eigenvalue weighted by atomic mass is 16.3. The molecule has 0 aromatic heterocycles. The van der Waals surface area contributed by atoms with Crippen LogP contribution in [0.4, 0.5) is 0 Å². The van der Waals surface area contributed by atoms with E-state index in [-0.39, 0.29) is 12.6 Å². The van der Waals surface area contributed by atoms with Gasteiger partial charge in [-0.25, -0.2) is 0 Å². The van der Waals surface area contributed by atoms with Crippen LogP contribution in [0.5, 0.6) is 0 Å². The van der Waals surface area contributed by atoms with Crippen LogP contribution in [0.3, 0.4) is 0 Å². The van der Waals surface area contributed by atoms with E-state index in [4.69, 9.17) is 5.11 Å². The smallest absolute Gasteiger partial charge is 0.149 e. The maximum atomic E-state index is 11.9. The van der Waals surface area contributed by atoms with Crippen LogP contribution in [0.1, 0.15) is 46.0 Å². The summed E-state index contributed by atoms with van der Waals surface area (Å²) >= 11 is 0. The molecule has 88 valence electrons. The van der Waals surface area contributed by atoms with Gasteiger partial charge in [-0.1, -0.05) is 12.8 Å². The van der Waals surface area contributed by atoms with Gasteiger partial charge >= 0.3 is 0 Å². The summed E-state index contributed by atoms with van der Waals surface area (Å²) in [5.74, 6) is 0.370. The molecular weight excluding hydrogens is 190 g/mol. The number of hydrogen-bond donors (Lipinski definition) is 1. The minimum Gasteiger partial charge on any atom is -0.395 e. The molecule has 1 unspecified atom stereocenters. The number of aliphatic hydroxyl groups is 1. The van der Waals surface area contributed by atoms with Crippen molar-refractivity contribution in [2.45, 2.75) is 58.0 Å². The summed E-state index contributed by atoms with van der Waals surface area (Å²) in [7, 11) is 0. The predicted molar refractivity (Wildman–Crippen MR) is 60.8 cm³/mol. The molecule has 0 saturated heterocycles. The lowest BCUT2D eigenvalue weighted by Crippen LogP contribution is -2.46. The Labute approximate surface area is 92.5 Å². The molecule has 0 heterocycles. The van der Waals surface area contributed by atoms with Crippen LogP contribution in [-0.4, -0.2) is 41.0 Å². The van der Waals surface area contributed by atoms with Gasteiger partial charge in [-0.15, -0.1) is 0 Å². The molecule has 0 amide bonds. The van der Waals surface area contributed by atoms with E-state index >= 15 is 0 Å². The quantitative estimate of drug-likeness (QED) is 0.721. The highest BCUT2D eigenvalue weighted by Gasteiger charge is 2.27. The maximum Gasteiger partial charge on any atom is 0.149 e. The van der Waals surface area contributed by atoms with Crippen LogP contribution in [0.2, 0.25) is 0 Å². The van der Waals surface area contributed by atoms with Gasteiger partial charge in [-0.3, -0.25) is 9.69 Å². The number of rotatable bonds is 4. The first-order valence-corrected chi connectivity index (χ1v) is 6.06. The predicted octanol–water partition coefficient (Wildman–Crippen LogP) is 1.59. The minimum absolute atomic E-state index is 0.0552. The maximum absolute atomic E-state index is 11.9. The summed E-state index contributed by atoms with van der Waals surface area (Å²) in [5.41, 5.74) is 0. The van der Waals surface area contributed by atoms with E-state index in [1.807, 2.05) is 0 Å². The zero-order chi connectivity index (χ0) is 11.3. The summed E-state index contributed by atoms with van der Waals surface area (Å²) in [6.45, 7) is 4.94. The van der Waals surface area contributed by atoms with Crippen molar-refractivity contribution in [1.82, 2.24) is 4.90 Å². The molecule has 1 fully saturated rings. The van der Waals surface area contributed by atoms with Crippen LogP contribution in [0.25, 0.3) is 0 Å². The Bertz CT molecular complexity index is 204. The molecule has 0 bridgehead atoms. The topological polar surface area (TPSA) is 40.5 Å². The van der Waals surface area contributed by atoms with Crippen molar-refractivity contribution < 1.29 is 9.90 Å². The average Bonchev–Trinajstić information content (AvgIpc) is 2.39. The number of hydrogen-bond acceptors (Lipinski definition) is 3. The first kappa shape index (κ1) is 12.7. The van der Waals surface area contributed by atoms with E-state index in [2.05, 4.69) is 18.7 Å². The standard InChI is InChI=1S/C12H23NO2/c1-10(2)13(8-9-14)11-6-4-3-5-7-12(11)15/h10-11,14H,3-9H2,1-2H3. The number of Topliss-reactive ketones (excluding diaryl/α,β-unsaturated/α-hetero) is 1. The second kappa shape index (κ2) is 6.23. The molecule has 3 nitrogen and oxygen atoms in total. The van der Waals surface area contributed by atoms with Crippen molar-refractivity contribution in [3.63, 3.8) is 0 Å². The number of carbonyl (C=O) groups excluding carboxylic acids is 1. The third-order valence-electron chi connectivity index (χ3n) is 3.19. The van der Waals surface area contributed by atoms with Gasteiger partial charge in [-0.2, -0.15) is 0 Å². The fraction of sp³-hybridized carbons (Fsp3) is 0.917. The van der Waals surface area contributed by atoms with Crippen molar-refractivity contribution >= 4 is 5.78 Å². The molecule has 0 aromatic rings. The van der Waals surface area contributed by atoms with Gasteiger partial charge in [0.25, 0.3) is 0 Å². The van der Waals surface area contributed by atoms with Crippen LogP contribution in [0, 0.1) is 0 Å². The van der Waals surface area contributed by atoms with E-state index in [1.165, 1.54) is 6.42 Å². The van der Waals surface area contributed by atoms with Gasteiger partial charge in [-0.05, 0) is 26.7 Å². The summed E-state index contributed by atoms with van der Waals surface area (Å²) in [6, 6.07) is 0.392. The molecular formula is C12H23NO2. The van der Waals surface area contributed by atoms with Gasteiger partial charge in [0.15, 0.2) is 0 Å². The van der Waals surface area contributed by atoms with Crippen molar-refractivity contribution in [2.24, 2.45) is 0 Å². The molecule has 1 N–H and O–H groups in total. The SMILES string of the molecule is CC(C)N(CCO)C1CCCCCC1=O. The highest BCUT2D eigenvalue weighted by molar-refractivity contribution is 5.84. The Hall–Kier alpha value is -0.410. The lowest BCUT2D eigenvalue weighted by atomic mass is 10.0.